The molecule has 0 bridgehead atoms. The van der Waals surface area contributed by atoms with Crippen LogP contribution in [0.15, 0.2) is 133 Å². The smallest absolute Gasteiger partial charge is 0.343 e. The molecule has 0 atom stereocenters. The zero-order valence-electron chi connectivity index (χ0n) is 23.0. The van der Waals surface area contributed by atoms with Crippen LogP contribution in [-0.4, -0.2) is 25.2 Å². The maximum atomic E-state index is 12.5. The van der Waals surface area contributed by atoms with Gasteiger partial charge in [0, 0.05) is 0 Å². The van der Waals surface area contributed by atoms with E-state index in [1.807, 2.05) is 0 Å². The minimum Gasteiger partial charge on any atom is -0.493 e. The van der Waals surface area contributed by atoms with E-state index in [0.717, 1.165) is 12.8 Å². The van der Waals surface area contributed by atoms with Crippen molar-refractivity contribution < 1.29 is 28.5 Å². The van der Waals surface area contributed by atoms with Crippen LogP contribution in [0.4, 0.5) is 11.4 Å². The van der Waals surface area contributed by atoms with Crippen molar-refractivity contribution in [1.82, 2.24) is 0 Å². The Hall–Kier alpha value is -5.50. The number of carbonyl (C=O) groups is 2. The van der Waals surface area contributed by atoms with Gasteiger partial charge in [0.1, 0.15) is 23.0 Å². The minimum absolute atomic E-state index is 0.381. The molecule has 0 saturated carbocycles. The molecule has 0 radical (unpaired) electrons. The number of hydrogen-bond donors (Lipinski definition) is 0. The molecule has 8 nitrogen and oxygen atoms in total. The van der Waals surface area contributed by atoms with E-state index in [9.17, 15) is 9.59 Å². The number of azo groups is 1. The highest BCUT2D eigenvalue weighted by molar-refractivity contribution is 5.91. The second kappa shape index (κ2) is 15.3. The van der Waals surface area contributed by atoms with Gasteiger partial charge in [0.25, 0.3) is 0 Å². The van der Waals surface area contributed by atoms with E-state index in [1.54, 1.807) is 109 Å². The Kier molecular flexibility index (Phi) is 10.8. The van der Waals surface area contributed by atoms with Gasteiger partial charge in [-0.1, -0.05) is 12.2 Å². The van der Waals surface area contributed by atoms with E-state index in [4.69, 9.17) is 18.9 Å². The van der Waals surface area contributed by atoms with Crippen molar-refractivity contribution in [2.24, 2.45) is 10.2 Å². The number of rotatable bonds is 14. The van der Waals surface area contributed by atoms with Crippen LogP contribution in [0.1, 0.15) is 33.6 Å². The summed E-state index contributed by atoms with van der Waals surface area (Å²) in [7, 11) is 0. The average Bonchev–Trinajstić information content (AvgIpc) is 3.02. The third kappa shape index (κ3) is 9.02. The molecule has 0 aliphatic rings. The topological polar surface area (TPSA) is 95.8 Å². The molecule has 0 amide bonds. The van der Waals surface area contributed by atoms with Gasteiger partial charge in [-0.2, -0.15) is 10.2 Å². The Morgan fingerprint density at radius 2 is 0.857 bits per heavy atom. The van der Waals surface area contributed by atoms with Crippen LogP contribution >= 0.6 is 0 Å². The van der Waals surface area contributed by atoms with Crippen LogP contribution in [0.25, 0.3) is 0 Å². The molecule has 0 fully saturated rings. The summed E-state index contributed by atoms with van der Waals surface area (Å²) in [5.41, 5.74) is 1.96. The van der Waals surface area contributed by atoms with Crippen molar-refractivity contribution in [3.8, 4) is 23.0 Å². The lowest BCUT2D eigenvalue weighted by Crippen LogP contribution is -2.08. The van der Waals surface area contributed by atoms with E-state index in [0.29, 0.717) is 58.7 Å². The first-order valence-electron chi connectivity index (χ1n) is 13.3. The van der Waals surface area contributed by atoms with Gasteiger partial charge in [0.15, 0.2) is 0 Å². The standard InChI is InChI=1S/C34H30N2O6/c1-3-5-23-39-29-15-7-25(8-16-29)33(37)41-31-19-11-27(12-20-31)35-36-28-13-21-32(22-14-28)42-34(38)26-9-17-30(18-10-26)40-24-6-4-2/h3-4,7-22H,1-2,5-6,23-24H2. The molecule has 4 aromatic rings. The molecule has 0 heterocycles. The van der Waals surface area contributed by atoms with E-state index in [-0.39, 0.29) is 0 Å². The van der Waals surface area contributed by atoms with Gasteiger partial charge < -0.3 is 18.9 Å². The van der Waals surface area contributed by atoms with E-state index in [1.165, 1.54) is 0 Å². The highest BCUT2D eigenvalue weighted by Crippen LogP contribution is 2.24. The lowest BCUT2D eigenvalue weighted by atomic mass is 10.2. The summed E-state index contributed by atoms with van der Waals surface area (Å²) >= 11 is 0. The number of nitrogens with zero attached hydrogens (tertiary/aromatic N) is 2. The van der Waals surface area contributed by atoms with E-state index in [2.05, 4.69) is 23.4 Å². The third-order valence-electron chi connectivity index (χ3n) is 5.74. The van der Waals surface area contributed by atoms with Gasteiger partial charge in [-0.15, -0.1) is 13.2 Å². The number of esters is 2. The molecule has 0 N–H and O–H groups in total. The lowest BCUT2D eigenvalue weighted by molar-refractivity contribution is 0.0725. The summed E-state index contributed by atoms with van der Waals surface area (Å²) in [5.74, 6) is 1.15. The largest absolute Gasteiger partial charge is 0.493 e. The molecule has 212 valence electrons. The fraction of sp³-hybridized carbons (Fsp3) is 0.118. The van der Waals surface area contributed by atoms with Gasteiger partial charge in [0.05, 0.1) is 35.7 Å². The maximum Gasteiger partial charge on any atom is 0.343 e. The summed E-state index contributed by atoms with van der Waals surface area (Å²) in [6, 6.07) is 26.8. The molecule has 0 saturated heterocycles. The van der Waals surface area contributed by atoms with Crippen molar-refractivity contribution in [3.05, 3.63) is 133 Å². The van der Waals surface area contributed by atoms with Crippen molar-refractivity contribution in [1.29, 1.82) is 0 Å². The Morgan fingerprint density at radius 3 is 1.19 bits per heavy atom. The normalized spacial score (nSPS) is 10.6. The van der Waals surface area contributed by atoms with Gasteiger partial charge in [-0.05, 0) is 110 Å². The van der Waals surface area contributed by atoms with Crippen LogP contribution < -0.4 is 18.9 Å². The van der Waals surface area contributed by atoms with Crippen molar-refractivity contribution in [2.45, 2.75) is 12.8 Å². The highest BCUT2D eigenvalue weighted by Gasteiger charge is 2.10. The van der Waals surface area contributed by atoms with Crippen LogP contribution in [-0.2, 0) is 0 Å². The predicted octanol–water partition coefficient (Wildman–Crippen LogP) is 8.45. The van der Waals surface area contributed by atoms with Crippen LogP contribution in [0.2, 0.25) is 0 Å². The molecule has 42 heavy (non-hydrogen) atoms. The Morgan fingerprint density at radius 1 is 0.524 bits per heavy atom. The number of ether oxygens (including phenoxy) is 4. The fourth-order valence-corrected chi connectivity index (χ4v) is 3.50. The second-order valence-corrected chi connectivity index (χ2v) is 8.87. The molecule has 0 spiro atoms. The van der Waals surface area contributed by atoms with Crippen molar-refractivity contribution >= 4 is 23.3 Å². The summed E-state index contributed by atoms with van der Waals surface area (Å²) < 4.78 is 22.0. The molecule has 0 unspecified atom stereocenters. The molecule has 8 heteroatoms. The second-order valence-electron chi connectivity index (χ2n) is 8.87. The van der Waals surface area contributed by atoms with Crippen LogP contribution in [0.5, 0.6) is 23.0 Å². The van der Waals surface area contributed by atoms with Crippen molar-refractivity contribution in [3.63, 3.8) is 0 Å². The molecule has 4 rings (SSSR count). The molecule has 0 aliphatic heterocycles. The quantitative estimate of drug-likeness (QED) is 0.0503. The fourth-order valence-electron chi connectivity index (χ4n) is 3.50. The van der Waals surface area contributed by atoms with Crippen LogP contribution in [0, 0.1) is 0 Å². The van der Waals surface area contributed by atoms with Gasteiger partial charge in [-0.25, -0.2) is 9.59 Å². The SMILES string of the molecule is C=CCCOc1ccc(C(=O)Oc2ccc(N=Nc3ccc(OC(=O)c4ccc(OCCC=C)cc4)cc3)cc2)cc1. The minimum atomic E-state index is -0.479. The zero-order chi connectivity index (χ0) is 29.6. The van der Waals surface area contributed by atoms with Crippen molar-refractivity contribution in [2.75, 3.05) is 13.2 Å². The molecule has 4 aromatic carbocycles. The third-order valence-corrected chi connectivity index (χ3v) is 5.74. The first-order chi connectivity index (χ1) is 20.5. The first-order valence-corrected chi connectivity index (χ1v) is 13.3. The molecular weight excluding hydrogens is 532 g/mol. The van der Waals surface area contributed by atoms with Crippen LogP contribution in [0.3, 0.4) is 0 Å². The van der Waals surface area contributed by atoms with Gasteiger partial charge >= 0.3 is 11.9 Å². The zero-order valence-corrected chi connectivity index (χ0v) is 23.0. The Bertz CT molecular complexity index is 1390. The average molecular weight is 563 g/mol. The molecule has 0 aromatic heterocycles. The lowest BCUT2D eigenvalue weighted by Gasteiger charge is -2.07. The Labute approximate surface area is 244 Å². The monoisotopic (exact) mass is 562 g/mol. The number of hydrogen-bond acceptors (Lipinski definition) is 8. The summed E-state index contributed by atoms with van der Waals surface area (Å²) in [6.45, 7) is 8.37. The van der Waals surface area contributed by atoms with E-state index >= 15 is 0 Å². The maximum absolute atomic E-state index is 12.5. The Balaban J connectivity index is 1.26. The molecular formula is C34H30N2O6. The highest BCUT2D eigenvalue weighted by atomic mass is 16.5. The predicted molar refractivity (Wildman–Crippen MR) is 160 cm³/mol. The first kappa shape index (κ1) is 29.5. The molecule has 0 aliphatic carbocycles. The van der Waals surface area contributed by atoms with Gasteiger partial charge in [-0.3, -0.25) is 0 Å². The summed E-state index contributed by atoms with van der Waals surface area (Å²) in [5, 5.41) is 8.42. The van der Waals surface area contributed by atoms with E-state index < -0.39 is 11.9 Å². The summed E-state index contributed by atoms with van der Waals surface area (Å²) in [6.07, 6.45) is 5.05. The number of carbonyl (C=O) groups excluding carboxylic acids is 2. The number of benzene rings is 4. The van der Waals surface area contributed by atoms with Gasteiger partial charge in [0.2, 0.25) is 0 Å². The summed E-state index contributed by atoms with van der Waals surface area (Å²) in [4.78, 5) is 24.9.